The van der Waals surface area contributed by atoms with Crippen LogP contribution in [0.5, 0.6) is 0 Å². The molecule has 0 saturated heterocycles. The summed E-state index contributed by atoms with van der Waals surface area (Å²) >= 11 is 0. The Morgan fingerprint density at radius 1 is 1.69 bits per heavy atom. The van der Waals surface area contributed by atoms with Gasteiger partial charge >= 0.3 is 0 Å². The molecule has 0 amide bonds. The number of nitrogens with one attached hydrogen (secondary N) is 1. The van der Waals surface area contributed by atoms with Crippen molar-refractivity contribution in [1.82, 2.24) is 15.1 Å². The third kappa shape index (κ3) is 1.10. The second-order valence-corrected chi connectivity index (χ2v) is 2.60. The second-order valence-electron chi connectivity index (χ2n) is 2.60. The number of anilines is 1. The van der Waals surface area contributed by atoms with Crippen LogP contribution in [0.15, 0.2) is 11.2 Å². The minimum Gasteiger partial charge on any atom is -0.382 e. The SMILES string of the molecule is N#Cc1cnn(C2=NCCN2)c1N. The molecule has 0 radical (unpaired) electrons. The molecule has 3 N–H and O–H groups in total. The van der Waals surface area contributed by atoms with Gasteiger partial charge in [-0.05, 0) is 0 Å². The monoisotopic (exact) mass is 176 g/mol. The lowest BCUT2D eigenvalue weighted by Crippen LogP contribution is -2.28. The molecule has 66 valence electrons. The normalized spacial score (nSPS) is 14.8. The quantitative estimate of drug-likeness (QED) is 0.538. The number of hydrogen-bond donors (Lipinski definition) is 2. The number of nitrogens with zero attached hydrogens (tertiary/aromatic N) is 4. The van der Waals surface area contributed by atoms with Crippen LogP contribution in [0.4, 0.5) is 5.82 Å². The van der Waals surface area contributed by atoms with E-state index >= 15 is 0 Å². The first-order chi connectivity index (χ1) is 6.33. The van der Waals surface area contributed by atoms with Gasteiger partial charge in [-0.1, -0.05) is 0 Å². The number of rotatable bonds is 0. The van der Waals surface area contributed by atoms with Gasteiger partial charge in [0, 0.05) is 6.54 Å². The van der Waals surface area contributed by atoms with E-state index in [4.69, 9.17) is 11.0 Å². The Morgan fingerprint density at radius 3 is 3.08 bits per heavy atom. The van der Waals surface area contributed by atoms with Gasteiger partial charge in [0.15, 0.2) is 0 Å². The van der Waals surface area contributed by atoms with Crippen LogP contribution in [0.2, 0.25) is 0 Å². The van der Waals surface area contributed by atoms with Crippen molar-refractivity contribution in [2.75, 3.05) is 18.8 Å². The van der Waals surface area contributed by atoms with E-state index in [1.54, 1.807) is 0 Å². The first-order valence-corrected chi connectivity index (χ1v) is 3.85. The lowest BCUT2D eigenvalue weighted by atomic mass is 10.4. The molecule has 2 heterocycles. The van der Waals surface area contributed by atoms with Gasteiger partial charge in [-0.3, -0.25) is 0 Å². The van der Waals surface area contributed by atoms with Crippen molar-refractivity contribution in [2.45, 2.75) is 0 Å². The van der Waals surface area contributed by atoms with E-state index in [9.17, 15) is 0 Å². The predicted octanol–water partition coefficient (Wildman–Crippen LogP) is -0.856. The smallest absolute Gasteiger partial charge is 0.221 e. The van der Waals surface area contributed by atoms with Crippen LogP contribution in [0.1, 0.15) is 5.56 Å². The average Bonchev–Trinajstić information content (AvgIpc) is 2.72. The van der Waals surface area contributed by atoms with Crippen LogP contribution in [0, 0.1) is 11.3 Å². The van der Waals surface area contributed by atoms with Gasteiger partial charge < -0.3 is 11.1 Å². The van der Waals surface area contributed by atoms with E-state index in [0.29, 0.717) is 17.3 Å². The minimum atomic E-state index is 0.329. The summed E-state index contributed by atoms with van der Waals surface area (Å²) in [7, 11) is 0. The van der Waals surface area contributed by atoms with E-state index < -0.39 is 0 Å². The Balaban J connectivity index is 2.42. The highest BCUT2D eigenvalue weighted by Gasteiger charge is 2.13. The molecule has 1 aromatic heterocycles. The largest absolute Gasteiger partial charge is 0.382 e. The molecule has 13 heavy (non-hydrogen) atoms. The van der Waals surface area contributed by atoms with E-state index in [1.807, 2.05) is 6.07 Å². The lowest BCUT2D eigenvalue weighted by Gasteiger charge is -2.02. The number of aromatic nitrogens is 2. The molecule has 6 nitrogen and oxygen atoms in total. The molecule has 0 aliphatic carbocycles. The summed E-state index contributed by atoms with van der Waals surface area (Å²) in [5.74, 6) is 0.939. The molecular formula is C7H8N6. The average molecular weight is 176 g/mol. The maximum atomic E-state index is 8.63. The number of nitriles is 1. The van der Waals surface area contributed by atoms with Crippen molar-refractivity contribution >= 4 is 11.8 Å². The molecule has 0 spiro atoms. The first kappa shape index (κ1) is 7.61. The Hall–Kier alpha value is -2.03. The summed E-state index contributed by atoms with van der Waals surface area (Å²) in [6.45, 7) is 1.51. The highest BCUT2D eigenvalue weighted by molar-refractivity contribution is 5.86. The van der Waals surface area contributed by atoms with Gasteiger partial charge in [0.1, 0.15) is 17.5 Å². The molecule has 0 atom stereocenters. The Labute approximate surface area is 74.7 Å². The summed E-state index contributed by atoms with van der Waals surface area (Å²) in [5, 5.41) is 15.6. The van der Waals surface area contributed by atoms with Crippen LogP contribution in [-0.2, 0) is 0 Å². The van der Waals surface area contributed by atoms with Crippen LogP contribution >= 0.6 is 0 Å². The fourth-order valence-corrected chi connectivity index (χ4v) is 1.14. The number of nitrogens with two attached hydrogens (primary N) is 1. The summed E-state index contributed by atoms with van der Waals surface area (Å²) in [5.41, 5.74) is 6.02. The summed E-state index contributed by atoms with van der Waals surface area (Å²) in [6.07, 6.45) is 1.43. The molecule has 0 bridgehead atoms. The topological polar surface area (TPSA) is 92.0 Å². The molecule has 1 aromatic rings. The first-order valence-electron chi connectivity index (χ1n) is 3.85. The fraction of sp³-hybridized carbons (Fsp3) is 0.286. The zero-order chi connectivity index (χ0) is 9.26. The Morgan fingerprint density at radius 2 is 2.54 bits per heavy atom. The number of nitrogen functional groups attached to an aromatic ring is 1. The van der Waals surface area contributed by atoms with Crippen molar-refractivity contribution in [3.63, 3.8) is 0 Å². The Kier molecular flexibility index (Phi) is 1.63. The maximum Gasteiger partial charge on any atom is 0.221 e. The van der Waals surface area contributed by atoms with E-state index in [1.165, 1.54) is 10.9 Å². The van der Waals surface area contributed by atoms with Gasteiger partial charge in [0.2, 0.25) is 5.96 Å². The van der Waals surface area contributed by atoms with E-state index in [0.717, 1.165) is 13.1 Å². The highest BCUT2D eigenvalue weighted by atomic mass is 15.4. The molecule has 1 aliphatic rings. The molecule has 1 aliphatic heterocycles. The molecule has 0 fully saturated rings. The van der Waals surface area contributed by atoms with Gasteiger partial charge in [0.05, 0.1) is 12.7 Å². The number of aliphatic imine (C=N–C) groups is 1. The lowest BCUT2D eigenvalue weighted by molar-refractivity contribution is 0.882. The molecule has 0 saturated carbocycles. The summed E-state index contributed by atoms with van der Waals surface area (Å²) < 4.78 is 1.44. The van der Waals surface area contributed by atoms with Crippen molar-refractivity contribution in [2.24, 2.45) is 4.99 Å². The molecular weight excluding hydrogens is 168 g/mol. The molecule has 0 aromatic carbocycles. The third-order valence-electron chi connectivity index (χ3n) is 1.78. The summed E-state index contributed by atoms with van der Waals surface area (Å²) in [4.78, 5) is 4.13. The number of hydrogen-bond acceptors (Lipinski definition) is 5. The van der Waals surface area contributed by atoms with Crippen molar-refractivity contribution in [3.8, 4) is 6.07 Å². The molecule has 0 unspecified atom stereocenters. The summed E-state index contributed by atoms with van der Waals surface area (Å²) in [6, 6.07) is 1.95. The van der Waals surface area contributed by atoms with E-state index in [2.05, 4.69) is 15.4 Å². The van der Waals surface area contributed by atoms with Crippen LogP contribution in [0.3, 0.4) is 0 Å². The molecule has 2 rings (SSSR count). The second kappa shape index (κ2) is 2.79. The van der Waals surface area contributed by atoms with Crippen molar-refractivity contribution in [1.29, 1.82) is 5.26 Å². The molecule has 6 heteroatoms. The van der Waals surface area contributed by atoms with Crippen LogP contribution in [-0.4, -0.2) is 28.8 Å². The van der Waals surface area contributed by atoms with Gasteiger partial charge in [0.25, 0.3) is 0 Å². The fourth-order valence-electron chi connectivity index (χ4n) is 1.14. The van der Waals surface area contributed by atoms with Crippen LogP contribution in [0.25, 0.3) is 0 Å². The maximum absolute atomic E-state index is 8.63. The van der Waals surface area contributed by atoms with Crippen LogP contribution < -0.4 is 11.1 Å². The zero-order valence-corrected chi connectivity index (χ0v) is 6.86. The predicted molar refractivity (Wildman–Crippen MR) is 47.1 cm³/mol. The third-order valence-corrected chi connectivity index (χ3v) is 1.78. The van der Waals surface area contributed by atoms with Crippen molar-refractivity contribution < 1.29 is 0 Å². The minimum absolute atomic E-state index is 0.329. The van der Waals surface area contributed by atoms with Gasteiger partial charge in [-0.15, -0.1) is 0 Å². The van der Waals surface area contributed by atoms with Crippen molar-refractivity contribution in [3.05, 3.63) is 11.8 Å². The van der Waals surface area contributed by atoms with Gasteiger partial charge in [-0.25, -0.2) is 4.99 Å². The zero-order valence-electron chi connectivity index (χ0n) is 6.86. The van der Waals surface area contributed by atoms with Gasteiger partial charge in [-0.2, -0.15) is 15.0 Å². The van der Waals surface area contributed by atoms with E-state index in [-0.39, 0.29) is 0 Å². The highest BCUT2D eigenvalue weighted by Crippen LogP contribution is 2.08. The Bertz CT molecular complexity index is 396. The standard InChI is InChI=1S/C7H8N6/c8-3-5-4-12-13(6(5)9)7-10-1-2-11-7/h4H,1-2,9H2,(H,10,11).